The third-order valence-electron chi connectivity index (χ3n) is 8.11. The minimum absolute atomic E-state index is 0.106. The zero-order valence-electron chi connectivity index (χ0n) is 24.5. The third-order valence-corrected chi connectivity index (χ3v) is 8.43. The number of thiocarbonyl (C=S) groups is 1. The Morgan fingerprint density at radius 2 is 1.50 bits per heavy atom. The Morgan fingerprint density at radius 3 is 2.17 bits per heavy atom. The number of pyridine rings is 1. The van der Waals surface area contributed by atoms with Gasteiger partial charge in [0.05, 0.1) is 24.9 Å². The van der Waals surface area contributed by atoms with E-state index in [2.05, 4.69) is 84.9 Å². The first-order chi connectivity index (χ1) is 20.4. The standard InChI is InChI=1S/C35H34N4O2S/c1-22-9-8-11-32(24(22)3)38-23(2)21-30(25(38)4)34-33(31-10-6-7-20-36-31)37-35(42)39(34)26-12-14-28(15-13-26)41-29-18-16-27(40-5)17-19-29/h6-21,33-34H,1-5H3,(H,37,42). The number of methoxy groups -OCH3 is 1. The van der Waals surface area contributed by atoms with Gasteiger partial charge in [0.25, 0.3) is 0 Å². The molecule has 0 saturated carbocycles. The van der Waals surface area contributed by atoms with E-state index in [0.29, 0.717) is 5.11 Å². The Morgan fingerprint density at radius 1 is 0.810 bits per heavy atom. The molecule has 6 rings (SSSR count). The molecule has 6 nitrogen and oxygen atoms in total. The summed E-state index contributed by atoms with van der Waals surface area (Å²) in [5, 5.41) is 4.25. The maximum absolute atomic E-state index is 6.10. The van der Waals surface area contributed by atoms with Gasteiger partial charge in [-0.05, 0) is 129 Å². The molecule has 1 aliphatic heterocycles. The summed E-state index contributed by atoms with van der Waals surface area (Å²) in [4.78, 5) is 6.94. The largest absolute Gasteiger partial charge is 0.497 e. The third kappa shape index (κ3) is 5.01. The van der Waals surface area contributed by atoms with E-state index in [4.69, 9.17) is 26.7 Å². The number of aromatic nitrogens is 2. The first kappa shape index (κ1) is 27.5. The van der Waals surface area contributed by atoms with Crippen molar-refractivity contribution >= 4 is 23.0 Å². The number of rotatable bonds is 7. The van der Waals surface area contributed by atoms with Crippen LogP contribution >= 0.6 is 12.2 Å². The predicted octanol–water partition coefficient (Wildman–Crippen LogP) is 8.08. The smallest absolute Gasteiger partial charge is 0.174 e. The van der Waals surface area contributed by atoms with E-state index in [1.54, 1.807) is 7.11 Å². The van der Waals surface area contributed by atoms with E-state index in [9.17, 15) is 0 Å². The molecule has 42 heavy (non-hydrogen) atoms. The lowest BCUT2D eigenvalue weighted by molar-refractivity contribution is 0.413. The molecule has 3 heterocycles. The van der Waals surface area contributed by atoms with E-state index in [0.717, 1.165) is 28.6 Å². The first-order valence-electron chi connectivity index (χ1n) is 14.0. The minimum Gasteiger partial charge on any atom is -0.497 e. The Labute approximate surface area is 252 Å². The van der Waals surface area contributed by atoms with Gasteiger partial charge in [0.1, 0.15) is 17.2 Å². The van der Waals surface area contributed by atoms with Crippen molar-refractivity contribution in [2.24, 2.45) is 0 Å². The van der Waals surface area contributed by atoms with Crippen molar-refractivity contribution < 1.29 is 9.47 Å². The number of aryl methyl sites for hydroxylation is 2. The Balaban J connectivity index is 1.40. The molecule has 1 N–H and O–H groups in total. The van der Waals surface area contributed by atoms with Gasteiger partial charge >= 0.3 is 0 Å². The Bertz CT molecular complexity index is 1730. The molecule has 2 atom stereocenters. The van der Waals surface area contributed by atoms with Crippen LogP contribution in [-0.4, -0.2) is 21.8 Å². The van der Waals surface area contributed by atoms with Crippen molar-refractivity contribution in [2.75, 3.05) is 12.0 Å². The Kier molecular flexibility index (Phi) is 7.43. The summed E-state index contributed by atoms with van der Waals surface area (Å²) < 4.78 is 13.7. The van der Waals surface area contributed by atoms with Crippen molar-refractivity contribution in [1.29, 1.82) is 0 Å². The maximum Gasteiger partial charge on any atom is 0.174 e. The van der Waals surface area contributed by atoms with Crippen LogP contribution in [0.5, 0.6) is 17.2 Å². The van der Waals surface area contributed by atoms with E-state index in [1.807, 2.05) is 54.7 Å². The average molecular weight is 575 g/mol. The molecule has 3 aromatic carbocycles. The molecule has 1 aliphatic rings. The number of benzene rings is 3. The van der Waals surface area contributed by atoms with Crippen LogP contribution in [0.2, 0.25) is 0 Å². The van der Waals surface area contributed by atoms with Crippen LogP contribution in [0.15, 0.2) is 97.2 Å². The van der Waals surface area contributed by atoms with Crippen LogP contribution < -0.4 is 19.7 Å². The molecule has 1 saturated heterocycles. The number of nitrogens with zero attached hydrogens (tertiary/aromatic N) is 3. The molecular weight excluding hydrogens is 540 g/mol. The molecule has 212 valence electrons. The second-order valence-corrected chi connectivity index (χ2v) is 11.0. The van der Waals surface area contributed by atoms with Crippen molar-refractivity contribution in [3.63, 3.8) is 0 Å². The van der Waals surface area contributed by atoms with E-state index in [1.165, 1.54) is 33.8 Å². The number of nitrogens with one attached hydrogen (secondary N) is 1. The molecule has 0 radical (unpaired) electrons. The summed E-state index contributed by atoms with van der Waals surface area (Å²) in [5.41, 5.74) is 9.24. The fraction of sp³-hybridized carbons (Fsp3) is 0.200. The Hall–Kier alpha value is -4.62. The van der Waals surface area contributed by atoms with Crippen LogP contribution in [0.1, 0.15) is 45.9 Å². The van der Waals surface area contributed by atoms with Gasteiger partial charge in [0, 0.05) is 29.0 Å². The monoisotopic (exact) mass is 574 g/mol. The highest BCUT2D eigenvalue weighted by atomic mass is 32.1. The van der Waals surface area contributed by atoms with Gasteiger partial charge in [-0.1, -0.05) is 18.2 Å². The van der Waals surface area contributed by atoms with Crippen LogP contribution in [0.4, 0.5) is 5.69 Å². The van der Waals surface area contributed by atoms with Crippen LogP contribution in [0.25, 0.3) is 5.69 Å². The summed E-state index contributed by atoms with van der Waals surface area (Å²) in [6, 6.07) is 30.2. The molecule has 0 bridgehead atoms. The zero-order chi connectivity index (χ0) is 29.4. The number of ether oxygens (including phenoxy) is 2. The van der Waals surface area contributed by atoms with Crippen LogP contribution in [-0.2, 0) is 0 Å². The SMILES string of the molecule is COc1ccc(Oc2ccc(N3C(=S)NC(c4ccccn4)C3c3cc(C)n(-c4cccc(C)c4C)c3C)cc2)cc1. The summed E-state index contributed by atoms with van der Waals surface area (Å²) in [6.07, 6.45) is 1.84. The molecule has 5 aromatic rings. The van der Waals surface area contributed by atoms with Gasteiger partial charge in [0.15, 0.2) is 5.11 Å². The van der Waals surface area contributed by atoms with E-state index >= 15 is 0 Å². The van der Waals surface area contributed by atoms with Crippen LogP contribution in [0.3, 0.4) is 0 Å². The van der Waals surface area contributed by atoms with E-state index < -0.39 is 0 Å². The second kappa shape index (κ2) is 11.3. The minimum atomic E-state index is -0.124. The molecule has 2 unspecified atom stereocenters. The van der Waals surface area contributed by atoms with Crippen LogP contribution in [0, 0.1) is 27.7 Å². The molecule has 0 aliphatic carbocycles. The number of hydrogen-bond donors (Lipinski definition) is 1. The van der Waals surface area contributed by atoms with Gasteiger partial charge in [0.2, 0.25) is 0 Å². The fourth-order valence-corrected chi connectivity index (χ4v) is 6.19. The van der Waals surface area contributed by atoms with Gasteiger partial charge in [-0.25, -0.2) is 0 Å². The van der Waals surface area contributed by atoms with Crippen molar-refractivity contribution in [1.82, 2.24) is 14.9 Å². The molecule has 7 heteroatoms. The molecule has 0 amide bonds. The molecular formula is C35H34N4O2S. The van der Waals surface area contributed by atoms with E-state index in [-0.39, 0.29) is 12.1 Å². The molecule has 2 aromatic heterocycles. The average Bonchev–Trinajstić information content (AvgIpc) is 3.50. The van der Waals surface area contributed by atoms with Gasteiger partial charge in [-0.15, -0.1) is 0 Å². The summed E-state index contributed by atoms with van der Waals surface area (Å²) in [5.74, 6) is 2.28. The maximum atomic E-state index is 6.10. The lowest BCUT2D eigenvalue weighted by atomic mass is 9.96. The lowest BCUT2D eigenvalue weighted by Crippen LogP contribution is -2.29. The summed E-state index contributed by atoms with van der Waals surface area (Å²) in [6.45, 7) is 8.72. The van der Waals surface area contributed by atoms with Gasteiger partial charge in [-0.2, -0.15) is 0 Å². The highest BCUT2D eigenvalue weighted by molar-refractivity contribution is 7.80. The van der Waals surface area contributed by atoms with Gasteiger partial charge in [-0.3, -0.25) is 4.98 Å². The summed E-state index contributed by atoms with van der Waals surface area (Å²) in [7, 11) is 1.65. The van der Waals surface area contributed by atoms with Gasteiger partial charge < -0.3 is 24.3 Å². The highest BCUT2D eigenvalue weighted by Gasteiger charge is 2.42. The fourth-order valence-electron chi connectivity index (χ4n) is 5.84. The second-order valence-electron chi connectivity index (χ2n) is 10.6. The predicted molar refractivity (Wildman–Crippen MR) is 172 cm³/mol. The van der Waals surface area contributed by atoms with Crippen molar-refractivity contribution in [3.05, 3.63) is 131 Å². The number of hydrogen-bond acceptors (Lipinski definition) is 4. The van der Waals surface area contributed by atoms with Crippen molar-refractivity contribution in [2.45, 2.75) is 39.8 Å². The van der Waals surface area contributed by atoms with Crippen molar-refractivity contribution in [3.8, 4) is 22.9 Å². The highest BCUT2D eigenvalue weighted by Crippen LogP contribution is 2.44. The molecule has 0 spiro atoms. The molecule has 1 fully saturated rings. The quantitative estimate of drug-likeness (QED) is 0.198. The topological polar surface area (TPSA) is 51.6 Å². The lowest BCUT2D eigenvalue weighted by Gasteiger charge is -2.28. The zero-order valence-corrected chi connectivity index (χ0v) is 25.3. The normalized spacial score (nSPS) is 16.4. The summed E-state index contributed by atoms with van der Waals surface area (Å²) >= 11 is 5.99. The number of anilines is 1. The first-order valence-corrected chi connectivity index (χ1v) is 14.4.